The summed E-state index contributed by atoms with van der Waals surface area (Å²) >= 11 is 0. The highest BCUT2D eigenvalue weighted by atomic mass is 31.1. The lowest BCUT2D eigenvalue weighted by Gasteiger charge is -2.26. The number of hydrogen-bond acceptors (Lipinski definition) is 2. The van der Waals surface area contributed by atoms with E-state index in [9.17, 15) is 0 Å². The SMILES string of the molecule is CC/C(=C\c1c(CC(C)(C)C)o[pH]oc2c(C(C)(C)C)cc(C(C)(C)C)cc12)C(C)(C)C. The van der Waals surface area contributed by atoms with Gasteiger partial charge in [-0.1, -0.05) is 108 Å². The normalized spacial score (nSPS) is 14.5. The molecule has 0 spiro atoms. The average Bonchev–Trinajstić information content (AvgIpc) is 2.73. The summed E-state index contributed by atoms with van der Waals surface area (Å²) in [5, 5.41) is 1.18. The molecule has 0 fully saturated rings. The third kappa shape index (κ3) is 6.57. The van der Waals surface area contributed by atoms with Crippen molar-refractivity contribution in [3.8, 4) is 0 Å². The van der Waals surface area contributed by atoms with E-state index in [0.717, 1.165) is 24.2 Å². The molecule has 32 heavy (non-hydrogen) atoms. The molecule has 180 valence electrons. The van der Waals surface area contributed by atoms with Crippen LogP contribution in [0, 0.1) is 10.8 Å². The molecular weight excluding hydrogens is 411 g/mol. The minimum atomic E-state index is -0.0310. The van der Waals surface area contributed by atoms with Gasteiger partial charge in [0.15, 0.2) is 0 Å². The highest BCUT2D eigenvalue weighted by molar-refractivity contribution is 7.15. The summed E-state index contributed by atoms with van der Waals surface area (Å²) in [7, 11) is -0.0304. The van der Waals surface area contributed by atoms with Crippen LogP contribution in [-0.4, -0.2) is 0 Å². The van der Waals surface area contributed by atoms with Gasteiger partial charge in [-0.2, -0.15) is 0 Å². The van der Waals surface area contributed by atoms with E-state index in [1.165, 1.54) is 27.6 Å². The van der Waals surface area contributed by atoms with Crippen molar-refractivity contribution in [1.29, 1.82) is 0 Å². The Morgan fingerprint density at radius 1 is 0.844 bits per heavy atom. The van der Waals surface area contributed by atoms with Crippen LogP contribution in [0.3, 0.4) is 0 Å². The van der Waals surface area contributed by atoms with Gasteiger partial charge in [-0.3, -0.25) is 0 Å². The summed E-state index contributed by atoms with van der Waals surface area (Å²) in [6.07, 6.45) is 4.29. The van der Waals surface area contributed by atoms with Gasteiger partial charge in [0, 0.05) is 22.9 Å². The maximum Gasteiger partial charge on any atom is 0.201 e. The van der Waals surface area contributed by atoms with E-state index in [4.69, 9.17) is 8.39 Å². The molecule has 2 nitrogen and oxygen atoms in total. The first-order valence-corrected chi connectivity index (χ1v) is 12.9. The molecule has 0 aliphatic carbocycles. The van der Waals surface area contributed by atoms with Crippen molar-refractivity contribution in [3.05, 3.63) is 40.2 Å². The average molecular weight is 459 g/mol. The van der Waals surface area contributed by atoms with Crippen molar-refractivity contribution in [2.75, 3.05) is 0 Å². The number of rotatable bonds is 3. The highest BCUT2D eigenvalue weighted by Crippen LogP contribution is 2.41. The summed E-state index contributed by atoms with van der Waals surface area (Å²) in [5.41, 5.74) is 6.43. The molecule has 0 bridgehead atoms. The van der Waals surface area contributed by atoms with Crippen molar-refractivity contribution >= 4 is 25.7 Å². The van der Waals surface area contributed by atoms with Crippen LogP contribution in [0.5, 0.6) is 0 Å². The van der Waals surface area contributed by atoms with E-state index in [2.05, 4.69) is 108 Å². The van der Waals surface area contributed by atoms with Gasteiger partial charge in [-0.05, 0) is 39.7 Å². The molecule has 1 heterocycles. The largest absolute Gasteiger partial charge is 0.426 e. The lowest BCUT2D eigenvalue weighted by Crippen LogP contribution is -2.17. The van der Waals surface area contributed by atoms with Crippen LogP contribution in [0.4, 0.5) is 0 Å². The Kier molecular flexibility index (Phi) is 7.63. The van der Waals surface area contributed by atoms with Crippen molar-refractivity contribution in [2.24, 2.45) is 10.8 Å². The lowest BCUT2D eigenvalue weighted by atomic mass is 9.78. The van der Waals surface area contributed by atoms with Crippen molar-refractivity contribution in [2.45, 2.75) is 114 Å². The quantitative estimate of drug-likeness (QED) is 0.457. The van der Waals surface area contributed by atoms with E-state index >= 15 is 0 Å². The van der Waals surface area contributed by atoms with E-state index in [1.54, 1.807) is 0 Å². The van der Waals surface area contributed by atoms with Crippen LogP contribution >= 0.6 is 8.67 Å². The van der Waals surface area contributed by atoms with Crippen molar-refractivity contribution < 1.29 is 8.39 Å². The fourth-order valence-electron chi connectivity index (χ4n) is 4.04. The first kappa shape index (κ1) is 26.8. The Labute approximate surface area is 198 Å². The molecule has 0 saturated carbocycles. The smallest absolute Gasteiger partial charge is 0.201 e. The maximum atomic E-state index is 6.38. The molecule has 1 unspecified atom stereocenters. The lowest BCUT2D eigenvalue weighted by molar-refractivity contribution is 0.376. The van der Waals surface area contributed by atoms with Crippen LogP contribution in [-0.2, 0) is 17.3 Å². The third-order valence-corrected chi connectivity index (χ3v) is 6.63. The second-order valence-electron chi connectivity index (χ2n) is 13.5. The van der Waals surface area contributed by atoms with Crippen molar-refractivity contribution in [3.63, 3.8) is 0 Å². The first-order valence-electron chi connectivity index (χ1n) is 12.1. The van der Waals surface area contributed by atoms with Crippen LogP contribution in [0.1, 0.15) is 119 Å². The molecular formula is C29H47O2P. The summed E-state index contributed by atoms with van der Waals surface area (Å²) in [4.78, 5) is 0. The number of allylic oxidation sites excluding steroid dienone is 1. The zero-order valence-corrected chi connectivity index (χ0v) is 24.0. The van der Waals surface area contributed by atoms with Crippen LogP contribution in [0.15, 0.2) is 26.1 Å². The van der Waals surface area contributed by atoms with Gasteiger partial charge >= 0.3 is 0 Å². The third-order valence-electron chi connectivity index (χ3n) is 6.02. The topological polar surface area (TPSA) is 26.3 Å². The van der Waals surface area contributed by atoms with Gasteiger partial charge in [0.1, 0.15) is 11.3 Å². The second kappa shape index (κ2) is 9.09. The zero-order valence-electron chi connectivity index (χ0n) is 23.0. The highest BCUT2D eigenvalue weighted by Gasteiger charge is 2.26. The number of benzene rings is 1. The fourth-order valence-corrected chi connectivity index (χ4v) is 4.67. The molecule has 0 aliphatic rings. The van der Waals surface area contributed by atoms with Gasteiger partial charge in [0.05, 0.1) is 0 Å². The molecule has 0 N–H and O–H groups in total. The van der Waals surface area contributed by atoms with Gasteiger partial charge in [0.2, 0.25) is 8.67 Å². The second-order valence-corrected chi connectivity index (χ2v) is 14.1. The number of hydrogen-bond donors (Lipinski definition) is 0. The molecule has 2 aromatic rings. The Hall–Kier alpha value is -1.40. The number of fused-ring (bicyclic) bond motifs is 1. The fraction of sp³-hybridized carbons (Fsp3) is 0.655. The molecule has 2 rings (SSSR count). The van der Waals surface area contributed by atoms with E-state index < -0.39 is 0 Å². The molecule has 0 saturated heterocycles. The Morgan fingerprint density at radius 3 is 1.88 bits per heavy atom. The predicted molar refractivity (Wildman–Crippen MR) is 144 cm³/mol. The summed E-state index contributed by atoms with van der Waals surface area (Å²) in [6.45, 7) is 29.7. The molecule has 0 amide bonds. The van der Waals surface area contributed by atoms with E-state index in [1.807, 2.05) is 0 Å². The maximum absolute atomic E-state index is 6.38. The molecule has 1 aromatic carbocycles. The van der Waals surface area contributed by atoms with Gasteiger partial charge < -0.3 is 8.39 Å². The van der Waals surface area contributed by atoms with Gasteiger partial charge in [-0.25, -0.2) is 0 Å². The van der Waals surface area contributed by atoms with E-state index in [-0.39, 0.29) is 30.3 Å². The van der Waals surface area contributed by atoms with Crippen LogP contribution < -0.4 is 0 Å². The molecule has 1 aromatic heterocycles. The molecule has 0 aliphatic heterocycles. The first-order chi connectivity index (χ1) is 14.3. The summed E-state index contributed by atoms with van der Waals surface area (Å²) in [5.74, 6) is 1.05. The monoisotopic (exact) mass is 458 g/mol. The van der Waals surface area contributed by atoms with Crippen LogP contribution in [0.25, 0.3) is 17.0 Å². The van der Waals surface area contributed by atoms with Crippen LogP contribution in [0.2, 0.25) is 0 Å². The standard InChI is InChI=1S/C29H47O2P/c1-14-19(27(5,6)7)15-21-22-16-20(28(8,9)10)17-23(29(11,12)13)25(22)31-32-30-24(21)18-26(2,3)4/h15-17,32H,14,18H2,1-13H3/b19-15+. The molecule has 0 radical (unpaired) electrons. The van der Waals surface area contributed by atoms with Gasteiger partial charge in [0.25, 0.3) is 0 Å². The van der Waals surface area contributed by atoms with Crippen molar-refractivity contribution in [1.82, 2.24) is 0 Å². The minimum Gasteiger partial charge on any atom is -0.426 e. The van der Waals surface area contributed by atoms with E-state index in [0.29, 0.717) is 0 Å². The molecule has 1 atom stereocenters. The Balaban J connectivity index is 3.16. The predicted octanol–water partition coefficient (Wildman–Crippen LogP) is 10.2. The minimum absolute atomic E-state index is 0.0304. The Morgan fingerprint density at radius 2 is 1.44 bits per heavy atom. The summed E-state index contributed by atoms with van der Waals surface area (Å²) in [6, 6.07) is 4.71. The molecule has 3 heteroatoms. The zero-order chi connectivity index (χ0) is 24.7. The van der Waals surface area contributed by atoms with Gasteiger partial charge in [-0.15, -0.1) is 0 Å². The Bertz CT molecular complexity index is 1010. The summed E-state index contributed by atoms with van der Waals surface area (Å²) < 4.78 is 12.8.